The molecule has 0 N–H and O–H groups in total. The van der Waals surface area contributed by atoms with Crippen molar-refractivity contribution in [2.45, 2.75) is 71.3 Å². The summed E-state index contributed by atoms with van der Waals surface area (Å²) in [6, 6.07) is 9.05. The third-order valence-corrected chi connectivity index (χ3v) is 5.75. The maximum atomic E-state index is 5.45. The van der Waals surface area contributed by atoms with Gasteiger partial charge in [-0.25, -0.2) is 0 Å². The lowest BCUT2D eigenvalue weighted by Gasteiger charge is -2.39. The Morgan fingerprint density at radius 2 is 1.85 bits per heavy atom. The second-order valence-corrected chi connectivity index (χ2v) is 6.53. The molecule has 0 amide bonds. The van der Waals surface area contributed by atoms with Crippen LogP contribution in [0, 0.1) is 5.41 Å². The van der Waals surface area contributed by atoms with Gasteiger partial charge < -0.3 is 4.74 Å². The van der Waals surface area contributed by atoms with Crippen LogP contribution in [0.25, 0.3) is 0 Å². The lowest BCUT2D eigenvalue weighted by atomic mass is 9.66. The van der Waals surface area contributed by atoms with Crippen LogP contribution in [0.2, 0.25) is 0 Å². The molecular weight excluding hydrogens is 244 g/mol. The molecule has 112 valence electrons. The molecule has 1 unspecified atom stereocenters. The fourth-order valence-corrected chi connectivity index (χ4v) is 3.72. The van der Waals surface area contributed by atoms with Gasteiger partial charge in [0, 0.05) is 7.11 Å². The topological polar surface area (TPSA) is 9.23 Å². The minimum atomic E-state index is 0.198. The van der Waals surface area contributed by atoms with Crippen molar-refractivity contribution in [2.75, 3.05) is 7.11 Å². The van der Waals surface area contributed by atoms with E-state index in [4.69, 9.17) is 4.74 Å². The summed E-state index contributed by atoms with van der Waals surface area (Å²) in [7, 11) is 1.79. The molecule has 0 radical (unpaired) electrons. The number of hydrogen-bond donors (Lipinski definition) is 0. The molecule has 0 aliphatic heterocycles. The second-order valence-electron chi connectivity index (χ2n) is 6.53. The third kappa shape index (κ3) is 3.25. The lowest BCUT2D eigenvalue weighted by molar-refractivity contribution is 0.119. The van der Waals surface area contributed by atoms with Gasteiger partial charge in [-0.2, -0.15) is 0 Å². The number of ether oxygens (including phenoxy) is 1. The summed E-state index contributed by atoms with van der Waals surface area (Å²) in [6.45, 7) is 6.86. The zero-order chi connectivity index (χ0) is 14.6. The van der Waals surface area contributed by atoms with Crippen LogP contribution in [-0.2, 0) is 4.74 Å². The minimum absolute atomic E-state index is 0.198. The van der Waals surface area contributed by atoms with Gasteiger partial charge in [-0.05, 0) is 55.1 Å². The number of benzene rings is 1. The second kappa shape index (κ2) is 6.76. The van der Waals surface area contributed by atoms with Gasteiger partial charge in [0.25, 0.3) is 0 Å². The quantitative estimate of drug-likeness (QED) is 0.653. The monoisotopic (exact) mass is 274 g/mol. The molecule has 1 saturated carbocycles. The number of methoxy groups -OCH3 is 1. The van der Waals surface area contributed by atoms with Crippen molar-refractivity contribution in [3.63, 3.8) is 0 Å². The smallest absolute Gasteiger partial charge is 0.0793 e. The Hall–Kier alpha value is -0.820. The maximum absolute atomic E-state index is 5.45. The van der Waals surface area contributed by atoms with E-state index in [1.165, 1.54) is 49.7 Å². The summed E-state index contributed by atoms with van der Waals surface area (Å²) < 4.78 is 5.45. The highest BCUT2D eigenvalue weighted by molar-refractivity contribution is 5.28. The van der Waals surface area contributed by atoms with E-state index >= 15 is 0 Å². The highest BCUT2D eigenvalue weighted by atomic mass is 16.5. The van der Waals surface area contributed by atoms with Crippen molar-refractivity contribution < 1.29 is 4.74 Å². The molecule has 1 aromatic carbocycles. The van der Waals surface area contributed by atoms with Crippen molar-refractivity contribution in [3.05, 3.63) is 35.4 Å². The van der Waals surface area contributed by atoms with Gasteiger partial charge in [0.1, 0.15) is 0 Å². The molecule has 0 heterocycles. The first kappa shape index (κ1) is 15.6. The number of hydrogen-bond acceptors (Lipinski definition) is 1. The van der Waals surface area contributed by atoms with Crippen molar-refractivity contribution in [3.8, 4) is 0 Å². The van der Waals surface area contributed by atoms with E-state index in [0.717, 1.165) is 5.92 Å². The highest BCUT2D eigenvalue weighted by Crippen LogP contribution is 2.47. The predicted molar refractivity (Wildman–Crippen MR) is 86.1 cm³/mol. The van der Waals surface area contributed by atoms with E-state index in [9.17, 15) is 0 Å². The molecule has 0 aromatic heterocycles. The third-order valence-electron chi connectivity index (χ3n) is 5.75. The van der Waals surface area contributed by atoms with Crippen LogP contribution in [0.15, 0.2) is 24.3 Å². The van der Waals surface area contributed by atoms with Crippen LogP contribution < -0.4 is 0 Å². The van der Waals surface area contributed by atoms with E-state index in [0.29, 0.717) is 5.41 Å². The first-order valence-electron chi connectivity index (χ1n) is 8.26. The summed E-state index contributed by atoms with van der Waals surface area (Å²) in [5, 5.41) is 0. The van der Waals surface area contributed by atoms with Crippen LogP contribution in [0.5, 0.6) is 0 Å². The van der Waals surface area contributed by atoms with Crippen molar-refractivity contribution in [2.24, 2.45) is 5.41 Å². The first-order valence-corrected chi connectivity index (χ1v) is 8.26. The summed E-state index contributed by atoms with van der Waals surface area (Å²) in [4.78, 5) is 0. The Morgan fingerprint density at radius 1 is 1.20 bits per heavy atom. The Kier molecular flexibility index (Phi) is 5.26. The summed E-state index contributed by atoms with van der Waals surface area (Å²) in [6.07, 6.45) is 8.39. The Morgan fingerprint density at radius 3 is 2.40 bits per heavy atom. The zero-order valence-electron chi connectivity index (χ0n) is 13.6. The van der Waals surface area contributed by atoms with Gasteiger partial charge in [0.05, 0.1) is 6.10 Å². The SMILES string of the molecule is CCC1(CC)CCC(c2cccc(C(C)OC)c2)CC1. The van der Waals surface area contributed by atoms with Crippen molar-refractivity contribution in [1.82, 2.24) is 0 Å². The molecule has 1 aliphatic rings. The molecule has 1 aliphatic carbocycles. The molecule has 1 fully saturated rings. The standard InChI is InChI=1S/C19H30O/c1-5-19(6-2)12-10-16(11-13-19)18-9-7-8-17(14-18)15(3)20-4/h7-9,14-16H,5-6,10-13H2,1-4H3. The van der Waals surface area contributed by atoms with Gasteiger partial charge >= 0.3 is 0 Å². The van der Waals surface area contributed by atoms with Gasteiger partial charge in [-0.15, -0.1) is 0 Å². The molecule has 1 aromatic rings. The highest BCUT2D eigenvalue weighted by Gasteiger charge is 2.32. The molecular formula is C19H30O. The van der Waals surface area contributed by atoms with Gasteiger partial charge in [0.15, 0.2) is 0 Å². The van der Waals surface area contributed by atoms with E-state index in [-0.39, 0.29) is 6.10 Å². The normalized spacial score (nSPS) is 20.8. The predicted octanol–water partition coefficient (Wildman–Crippen LogP) is 5.86. The van der Waals surface area contributed by atoms with E-state index in [1.807, 2.05) is 0 Å². The molecule has 1 atom stereocenters. The Labute approximate surface area is 124 Å². The maximum Gasteiger partial charge on any atom is 0.0793 e. The summed E-state index contributed by atoms with van der Waals surface area (Å²) in [5.41, 5.74) is 3.47. The largest absolute Gasteiger partial charge is 0.377 e. The Balaban J connectivity index is 2.07. The van der Waals surface area contributed by atoms with E-state index in [1.54, 1.807) is 7.11 Å². The van der Waals surface area contributed by atoms with Crippen LogP contribution >= 0.6 is 0 Å². The average Bonchev–Trinajstić information content (AvgIpc) is 2.54. The van der Waals surface area contributed by atoms with Gasteiger partial charge in [0.2, 0.25) is 0 Å². The summed E-state index contributed by atoms with van der Waals surface area (Å²) in [5.74, 6) is 0.755. The molecule has 1 nitrogen and oxygen atoms in total. The van der Waals surface area contributed by atoms with Gasteiger partial charge in [-0.1, -0.05) is 51.0 Å². The summed E-state index contributed by atoms with van der Waals surface area (Å²) >= 11 is 0. The van der Waals surface area contributed by atoms with Crippen LogP contribution in [0.3, 0.4) is 0 Å². The fraction of sp³-hybridized carbons (Fsp3) is 0.684. The first-order chi connectivity index (χ1) is 9.64. The van der Waals surface area contributed by atoms with Crippen molar-refractivity contribution >= 4 is 0 Å². The molecule has 1 heteroatoms. The van der Waals surface area contributed by atoms with Crippen molar-refractivity contribution in [1.29, 1.82) is 0 Å². The Bertz CT molecular complexity index is 410. The molecule has 0 spiro atoms. The molecule has 20 heavy (non-hydrogen) atoms. The van der Waals surface area contributed by atoms with Crippen LogP contribution in [0.1, 0.15) is 82.4 Å². The van der Waals surface area contributed by atoms with Gasteiger partial charge in [-0.3, -0.25) is 0 Å². The molecule has 2 rings (SSSR count). The lowest BCUT2D eigenvalue weighted by Crippen LogP contribution is -2.25. The number of rotatable bonds is 5. The fourth-order valence-electron chi connectivity index (χ4n) is 3.72. The van der Waals surface area contributed by atoms with E-state index in [2.05, 4.69) is 45.0 Å². The van der Waals surface area contributed by atoms with Crippen LogP contribution in [0.4, 0.5) is 0 Å². The average molecular weight is 274 g/mol. The van der Waals surface area contributed by atoms with Crippen LogP contribution in [-0.4, -0.2) is 7.11 Å². The molecule has 0 bridgehead atoms. The van der Waals surface area contributed by atoms with E-state index < -0.39 is 0 Å². The minimum Gasteiger partial charge on any atom is -0.377 e. The molecule has 0 saturated heterocycles. The zero-order valence-corrected chi connectivity index (χ0v) is 13.6.